The van der Waals surface area contributed by atoms with Gasteiger partial charge in [-0.05, 0) is 58.2 Å². The van der Waals surface area contributed by atoms with Crippen LogP contribution in [0.4, 0.5) is 11.4 Å². The lowest BCUT2D eigenvalue weighted by atomic mass is 10.1. The van der Waals surface area contributed by atoms with Crippen molar-refractivity contribution in [2.45, 2.75) is 18.2 Å². The van der Waals surface area contributed by atoms with Gasteiger partial charge in [-0.2, -0.15) is 0 Å². The molecule has 7 heteroatoms. The Morgan fingerprint density at radius 3 is 2.24 bits per heavy atom. The van der Waals surface area contributed by atoms with Gasteiger partial charge in [0.05, 0.1) is 16.3 Å². The van der Waals surface area contributed by atoms with E-state index in [0.29, 0.717) is 17.8 Å². The molecule has 3 aromatic rings. The van der Waals surface area contributed by atoms with Crippen molar-refractivity contribution in [3.05, 3.63) is 88.9 Å². The number of amides is 1. The number of rotatable bonds is 7. The fourth-order valence-corrected chi connectivity index (χ4v) is 4.82. The first-order chi connectivity index (χ1) is 13.9. The Morgan fingerprint density at radius 2 is 1.55 bits per heavy atom. The van der Waals surface area contributed by atoms with Crippen molar-refractivity contribution >= 4 is 43.2 Å². The van der Waals surface area contributed by atoms with Gasteiger partial charge in [0.25, 0.3) is 10.0 Å². The molecule has 5 nitrogen and oxygen atoms in total. The number of hydrogen-bond acceptors (Lipinski definition) is 3. The zero-order valence-electron chi connectivity index (χ0n) is 15.9. The zero-order valence-corrected chi connectivity index (χ0v) is 18.3. The molecule has 0 heterocycles. The van der Waals surface area contributed by atoms with E-state index < -0.39 is 15.9 Å². The summed E-state index contributed by atoms with van der Waals surface area (Å²) in [6.45, 7) is 1.61. The standard InChI is InChI=1S/C22H21BrN2O3S/c1-2-17-10-6-9-15-21(17)25(29(27,28)18-11-4-3-5-12-18)16-22(26)24-20-14-8-7-13-19(20)23/h3-15H,2,16H2,1H3,(H,24,26). The molecule has 0 aliphatic heterocycles. The summed E-state index contributed by atoms with van der Waals surface area (Å²) >= 11 is 3.39. The summed E-state index contributed by atoms with van der Waals surface area (Å²) in [6, 6.07) is 22.6. The second-order valence-corrected chi connectivity index (χ2v) is 9.05. The minimum absolute atomic E-state index is 0.139. The van der Waals surface area contributed by atoms with Gasteiger partial charge in [0.2, 0.25) is 5.91 Å². The number of halogens is 1. The van der Waals surface area contributed by atoms with Crippen molar-refractivity contribution in [3.8, 4) is 0 Å². The van der Waals surface area contributed by atoms with E-state index in [2.05, 4.69) is 21.2 Å². The van der Waals surface area contributed by atoms with Crippen molar-refractivity contribution in [1.29, 1.82) is 0 Å². The molecular weight excluding hydrogens is 452 g/mol. The highest BCUT2D eigenvalue weighted by Gasteiger charge is 2.28. The number of nitrogens with zero attached hydrogens (tertiary/aromatic N) is 1. The molecule has 1 amide bonds. The SMILES string of the molecule is CCc1ccccc1N(CC(=O)Nc1ccccc1Br)S(=O)(=O)c1ccccc1. The molecule has 0 saturated carbocycles. The van der Waals surface area contributed by atoms with Crippen LogP contribution in [-0.4, -0.2) is 20.9 Å². The Bertz CT molecular complexity index is 1100. The molecule has 150 valence electrons. The molecule has 0 fully saturated rings. The average Bonchev–Trinajstić information content (AvgIpc) is 2.74. The van der Waals surface area contributed by atoms with E-state index in [1.54, 1.807) is 48.5 Å². The molecule has 3 rings (SSSR count). The Morgan fingerprint density at radius 1 is 0.931 bits per heavy atom. The molecule has 3 aromatic carbocycles. The summed E-state index contributed by atoms with van der Waals surface area (Å²) in [5.74, 6) is -0.428. The maximum absolute atomic E-state index is 13.4. The fraction of sp³-hybridized carbons (Fsp3) is 0.136. The quantitative estimate of drug-likeness (QED) is 0.534. The lowest BCUT2D eigenvalue weighted by Gasteiger charge is -2.26. The first-order valence-electron chi connectivity index (χ1n) is 9.13. The minimum Gasteiger partial charge on any atom is -0.323 e. The van der Waals surface area contributed by atoms with E-state index in [1.807, 2.05) is 25.1 Å². The van der Waals surface area contributed by atoms with Crippen molar-refractivity contribution < 1.29 is 13.2 Å². The van der Waals surface area contributed by atoms with Crippen LogP contribution in [0.3, 0.4) is 0 Å². The second-order valence-electron chi connectivity index (χ2n) is 6.34. The highest BCUT2D eigenvalue weighted by molar-refractivity contribution is 9.10. The minimum atomic E-state index is -3.92. The van der Waals surface area contributed by atoms with Gasteiger partial charge in [-0.1, -0.05) is 55.5 Å². The number of aryl methyl sites for hydroxylation is 1. The lowest BCUT2D eigenvalue weighted by molar-refractivity contribution is -0.114. The highest BCUT2D eigenvalue weighted by atomic mass is 79.9. The first-order valence-corrected chi connectivity index (χ1v) is 11.4. The van der Waals surface area contributed by atoms with Crippen LogP contribution >= 0.6 is 15.9 Å². The Labute approximate surface area is 179 Å². The molecule has 0 atom stereocenters. The molecule has 0 spiro atoms. The van der Waals surface area contributed by atoms with E-state index in [9.17, 15) is 13.2 Å². The molecule has 0 radical (unpaired) electrons. The number of sulfonamides is 1. The highest BCUT2D eigenvalue weighted by Crippen LogP contribution is 2.28. The molecule has 0 aromatic heterocycles. The van der Waals surface area contributed by atoms with Gasteiger partial charge < -0.3 is 5.32 Å². The van der Waals surface area contributed by atoms with E-state index in [-0.39, 0.29) is 11.4 Å². The molecule has 0 aliphatic rings. The van der Waals surface area contributed by atoms with E-state index in [1.165, 1.54) is 16.4 Å². The van der Waals surface area contributed by atoms with Gasteiger partial charge in [-0.15, -0.1) is 0 Å². The van der Waals surface area contributed by atoms with Crippen LogP contribution in [0.25, 0.3) is 0 Å². The number of carbonyl (C=O) groups is 1. The number of nitrogens with one attached hydrogen (secondary N) is 1. The number of benzene rings is 3. The molecule has 29 heavy (non-hydrogen) atoms. The summed E-state index contributed by atoms with van der Waals surface area (Å²) in [6.07, 6.45) is 0.642. The number of para-hydroxylation sites is 2. The molecule has 1 N–H and O–H groups in total. The zero-order chi connectivity index (χ0) is 20.9. The van der Waals surface area contributed by atoms with Crippen molar-refractivity contribution in [2.75, 3.05) is 16.2 Å². The number of anilines is 2. The summed E-state index contributed by atoms with van der Waals surface area (Å²) < 4.78 is 28.7. The third kappa shape index (κ3) is 4.86. The van der Waals surface area contributed by atoms with Gasteiger partial charge in [-0.3, -0.25) is 9.10 Å². The Balaban J connectivity index is 1.99. The molecule has 0 aliphatic carbocycles. The molecule has 0 bridgehead atoms. The molecule has 0 unspecified atom stereocenters. The van der Waals surface area contributed by atoms with Gasteiger partial charge >= 0.3 is 0 Å². The topological polar surface area (TPSA) is 66.5 Å². The molecule has 0 saturated heterocycles. The number of carbonyl (C=O) groups excluding carboxylic acids is 1. The van der Waals surface area contributed by atoms with Crippen LogP contribution < -0.4 is 9.62 Å². The number of hydrogen-bond donors (Lipinski definition) is 1. The summed E-state index contributed by atoms with van der Waals surface area (Å²) in [7, 11) is -3.92. The second kappa shape index (κ2) is 9.24. The van der Waals surface area contributed by atoms with Crippen LogP contribution in [0.2, 0.25) is 0 Å². The van der Waals surface area contributed by atoms with Crippen LogP contribution in [-0.2, 0) is 21.2 Å². The third-order valence-electron chi connectivity index (χ3n) is 4.41. The summed E-state index contributed by atoms with van der Waals surface area (Å²) in [5, 5.41) is 2.78. The van der Waals surface area contributed by atoms with Crippen LogP contribution in [0.5, 0.6) is 0 Å². The molecular formula is C22H21BrN2O3S. The fourth-order valence-electron chi connectivity index (χ4n) is 2.96. The van der Waals surface area contributed by atoms with Gasteiger partial charge in [0, 0.05) is 4.47 Å². The predicted molar refractivity (Wildman–Crippen MR) is 120 cm³/mol. The first kappa shape index (κ1) is 21.1. The largest absolute Gasteiger partial charge is 0.323 e. The van der Waals surface area contributed by atoms with Crippen LogP contribution in [0.1, 0.15) is 12.5 Å². The van der Waals surface area contributed by atoms with Crippen molar-refractivity contribution in [3.63, 3.8) is 0 Å². The Hall–Kier alpha value is -2.64. The normalized spacial score (nSPS) is 11.1. The lowest BCUT2D eigenvalue weighted by Crippen LogP contribution is -2.38. The summed E-state index contributed by atoms with van der Waals surface area (Å²) in [4.78, 5) is 12.9. The maximum atomic E-state index is 13.4. The van der Waals surface area contributed by atoms with Crippen molar-refractivity contribution in [1.82, 2.24) is 0 Å². The average molecular weight is 473 g/mol. The maximum Gasteiger partial charge on any atom is 0.264 e. The van der Waals surface area contributed by atoms with Crippen molar-refractivity contribution in [2.24, 2.45) is 0 Å². The van der Waals surface area contributed by atoms with Gasteiger partial charge in [0.1, 0.15) is 6.54 Å². The Kier molecular flexibility index (Phi) is 6.71. The monoisotopic (exact) mass is 472 g/mol. The van der Waals surface area contributed by atoms with Gasteiger partial charge in [0.15, 0.2) is 0 Å². The van der Waals surface area contributed by atoms with E-state index >= 15 is 0 Å². The van der Waals surface area contributed by atoms with Gasteiger partial charge in [-0.25, -0.2) is 8.42 Å². The summed E-state index contributed by atoms with van der Waals surface area (Å²) in [5.41, 5.74) is 1.93. The third-order valence-corrected chi connectivity index (χ3v) is 6.87. The smallest absolute Gasteiger partial charge is 0.264 e. The van der Waals surface area contributed by atoms with E-state index in [4.69, 9.17) is 0 Å². The van der Waals surface area contributed by atoms with Crippen LogP contribution in [0.15, 0.2) is 88.2 Å². The van der Waals surface area contributed by atoms with E-state index in [0.717, 1.165) is 10.0 Å². The van der Waals surface area contributed by atoms with Crippen LogP contribution in [0, 0.1) is 0 Å². The predicted octanol–water partition coefficient (Wildman–Crippen LogP) is 4.85.